The van der Waals surface area contributed by atoms with Gasteiger partial charge in [0.15, 0.2) is 0 Å². The van der Waals surface area contributed by atoms with Crippen LogP contribution in [-0.2, 0) is 9.59 Å². The van der Waals surface area contributed by atoms with E-state index >= 15 is 0 Å². The minimum absolute atomic E-state index is 0.0389. The molecule has 2 atom stereocenters. The zero-order valence-corrected chi connectivity index (χ0v) is 14.0. The lowest BCUT2D eigenvalue weighted by Crippen LogP contribution is -2.66. The highest BCUT2D eigenvalue weighted by atomic mass is 16.2. The van der Waals surface area contributed by atoms with Gasteiger partial charge in [-0.25, -0.2) is 0 Å². The van der Waals surface area contributed by atoms with Gasteiger partial charge in [-0.2, -0.15) is 0 Å². The van der Waals surface area contributed by atoms with Crippen LogP contribution >= 0.6 is 0 Å². The number of amides is 2. The van der Waals surface area contributed by atoms with Gasteiger partial charge in [0, 0.05) is 6.04 Å². The third kappa shape index (κ3) is 1.87. The standard InChI is InChI=1S/C16H28N2O2/c1-9-11(19)17-10(14(2,3)4)12(20)18(9)13-15(5,6)16(13,7)8/h9-10,13H,1-8H3,(H,17,19). The number of rotatable bonds is 1. The molecule has 2 fully saturated rings. The summed E-state index contributed by atoms with van der Waals surface area (Å²) in [6.07, 6.45) is 0. The van der Waals surface area contributed by atoms with Crippen LogP contribution in [0.1, 0.15) is 55.4 Å². The van der Waals surface area contributed by atoms with Crippen molar-refractivity contribution in [2.24, 2.45) is 16.2 Å². The molecule has 1 heterocycles. The number of nitrogens with zero attached hydrogens (tertiary/aromatic N) is 1. The predicted octanol–water partition coefficient (Wildman–Crippen LogP) is 2.18. The lowest BCUT2D eigenvalue weighted by Gasteiger charge is -2.43. The van der Waals surface area contributed by atoms with Crippen LogP contribution < -0.4 is 5.32 Å². The van der Waals surface area contributed by atoms with Crippen LogP contribution in [0.3, 0.4) is 0 Å². The molecule has 0 bridgehead atoms. The fourth-order valence-electron chi connectivity index (χ4n) is 3.59. The minimum Gasteiger partial charge on any atom is -0.342 e. The van der Waals surface area contributed by atoms with Gasteiger partial charge < -0.3 is 10.2 Å². The van der Waals surface area contributed by atoms with Gasteiger partial charge in [-0.1, -0.05) is 48.5 Å². The minimum atomic E-state index is -0.432. The van der Waals surface area contributed by atoms with Gasteiger partial charge >= 0.3 is 0 Å². The van der Waals surface area contributed by atoms with E-state index in [4.69, 9.17) is 0 Å². The fraction of sp³-hybridized carbons (Fsp3) is 0.875. The van der Waals surface area contributed by atoms with Crippen molar-refractivity contribution in [3.05, 3.63) is 0 Å². The van der Waals surface area contributed by atoms with E-state index in [1.54, 1.807) is 0 Å². The van der Waals surface area contributed by atoms with Crippen molar-refractivity contribution in [3.8, 4) is 0 Å². The molecule has 2 unspecified atom stereocenters. The normalized spacial score (nSPS) is 33.1. The molecule has 20 heavy (non-hydrogen) atoms. The summed E-state index contributed by atoms with van der Waals surface area (Å²) in [6.45, 7) is 16.5. The van der Waals surface area contributed by atoms with Crippen LogP contribution in [-0.4, -0.2) is 34.8 Å². The third-order valence-corrected chi connectivity index (χ3v) is 5.67. The Bertz CT molecular complexity index is 446. The first kappa shape index (κ1) is 15.3. The van der Waals surface area contributed by atoms with Crippen LogP contribution in [0, 0.1) is 16.2 Å². The van der Waals surface area contributed by atoms with Crippen molar-refractivity contribution in [1.82, 2.24) is 10.2 Å². The second kappa shape index (κ2) is 3.99. The topological polar surface area (TPSA) is 49.4 Å². The van der Waals surface area contributed by atoms with Crippen LogP contribution in [0.15, 0.2) is 0 Å². The van der Waals surface area contributed by atoms with E-state index < -0.39 is 6.04 Å². The zero-order chi connectivity index (χ0) is 15.7. The summed E-state index contributed by atoms with van der Waals surface area (Å²) < 4.78 is 0. The van der Waals surface area contributed by atoms with Crippen molar-refractivity contribution in [1.29, 1.82) is 0 Å². The molecule has 2 aliphatic rings. The van der Waals surface area contributed by atoms with Gasteiger partial charge in [0.1, 0.15) is 12.1 Å². The Labute approximate surface area is 122 Å². The molecule has 114 valence electrons. The van der Waals surface area contributed by atoms with E-state index in [0.29, 0.717) is 0 Å². The van der Waals surface area contributed by atoms with Crippen LogP contribution in [0.25, 0.3) is 0 Å². The Kier molecular flexibility index (Phi) is 3.06. The molecule has 1 aliphatic heterocycles. The molecule has 4 heteroatoms. The monoisotopic (exact) mass is 280 g/mol. The SMILES string of the molecule is CC1C(=O)NC(C(C)(C)C)C(=O)N1C1C(C)(C)C1(C)C. The van der Waals surface area contributed by atoms with Gasteiger partial charge in [-0.15, -0.1) is 0 Å². The van der Waals surface area contributed by atoms with Crippen LogP contribution in [0.2, 0.25) is 0 Å². The second-order valence-electron chi connectivity index (χ2n) is 8.58. The fourth-order valence-corrected chi connectivity index (χ4v) is 3.59. The smallest absolute Gasteiger partial charge is 0.246 e. The molecule has 2 amide bonds. The summed E-state index contributed by atoms with van der Waals surface area (Å²) >= 11 is 0. The Morgan fingerprint density at radius 2 is 1.50 bits per heavy atom. The van der Waals surface area contributed by atoms with Crippen molar-refractivity contribution in [2.75, 3.05) is 0 Å². The summed E-state index contributed by atoms with van der Waals surface area (Å²) in [6, 6.07) is -0.682. The van der Waals surface area contributed by atoms with E-state index in [-0.39, 0.29) is 40.1 Å². The summed E-state index contributed by atoms with van der Waals surface area (Å²) in [4.78, 5) is 27.0. The summed E-state index contributed by atoms with van der Waals surface area (Å²) in [5.41, 5.74) is -0.164. The maximum atomic E-state index is 12.9. The molecular weight excluding hydrogens is 252 g/mol. The predicted molar refractivity (Wildman–Crippen MR) is 79.0 cm³/mol. The van der Waals surface area contributed by atoms with Crippen molar-refractivity contribution in [2.45, 2.75) is 73.5 Å². The molecule has 0 aromatic rings. The largest absolute Gasteiger partial charge is 0.342 e. The molecule has 1 N–H and O–H groups in total. The summed E-state index contributed by atoms with van der Waals surface area (Å²) in [5.74, 6) is 0.0243. The number of hydrogen-bond donors (Lipinski definition) is 1. The van der Waals surface area contributed by atoms with Crippen molar-refractivity contribution < 1.29 is 9.59 Å². The highest BCUT2D eigenvalue weighted by molar-refractivity contribution is 5.97. The average Bonchev–Trinajstić information content (AvgIpc) is 2.65. The lowest BCUT2D eigenvalue weighted by atomic mass is 9.83. The van der Waals surface area contributed by atoms with Gasteiger partial charge in [0.05, 0.1) is 0 Å². The molecule has 4 nitrogen and oxygen atoms in total. The highest BCUT2D eigenvalue weighted by Crippen LogP contribution is 2.65. The zero-order valence-electron chi connectivity index (χ0n) is 14.0. The first-order valence-corrected chi connectivity index (χ1v) is 7.46. The van der Waals surface area contributed by atoms with E-state index in [2.05, 4.69) is 33.0 Å². The number of carbonyl (C=O) groups excluding carboxylic acids is 2. The molecular formula is C16H28N2O2. The lowest BCUT2D eigenvalue weighted by molar-refractivity contribution is -0.153. The van der Waals surface area contributed by atoms with Crippen LogP contribution in [0.4, 0.5) is 0 Å². The molecule has 1 saturated carbocycles. The Hall–Kier alpha value is -1.06. The first-order chi connectivity index (χ1) is 8.83. The number of hydrogen-bond acceptors (Lipinski definition) is 2. The first-order valence-electron chi connectivity index (χ1n) is 7.46. The van der Waals surface area contributed by atoms with E-state index in [9.17, 15) is 9.59 Å². The Morgan fingerprint density at radius 1 is 1.05 bits per heavy atom. The van der Waals surface area contributed by atoms with Gasteiger partial charge in [-0.3, -0.25) is 9.59 Å². The number of carbonyl (C=O) groups is 2. The van der Waals surface area contributed by atoms with Gasteiger partial charge in [0.25, 0.3) is 0 Å². The molecule has 1 aliphatic carbocycles. The third-order valence-electron chi connectivity index (χ3n) is 5.67. The number of piperazine rings is 1. The molecule has 0 spiro atoms. The van der Waals surface area contributed by atoms with Crippen molar-refractivity contribution >= 4 is 11.8 Å². The molecule has 0 radical (unpaired) electrons. The van der Waals surface area contributed by atoms with Crippen LogP contribution in [0.5, 0.6) is 0 Å². The quantitative estimate of drug-likeness (QED) is 0.800. The molecule has 0 aromatic carbocycles. The molecule has 1 saturated heterocycles. The maximum absolute atomic E-state index is 12.9. The highest BCUT2D eigenvalue weighted by Gasteiger charge is 2.70. The number of nitrogens with one attached hydrogen (secondary N) is 1. The second-order valence-corrected chi connectivity index (χ2v) is 8.58. The summed E-state index contributed by atoms with van der Waals surface area (Å²) in [5, 5.41) is 2.89. The average molecular weight is 280 g/mol. The Balaban J connectivity index is 2.37. The molecule has 2 rings (SSSR count). The van der Waals surface area contributed by atoms with E-state index in [0.717, 1.165) is 0 Å². The van der Waals surface area contributed by atoms with E-state index in [1.807, 2.05) is 32.6 Å². The van der Waals surface area contributed by atoms with E-state index in [1.165, 1.54) is 0 Å². The molecule has 0 aromatic heterocycles. The Morgan fingerprint density at radius 3 is 1.85 bits per heavy atom. The van der Waals surface area contributed by atoms with Gasteiger partial charge in [0.2, 0.25) is 11.8 Å². The van der Waals surface area contributed by atoms with Crippen molar-refractivity contribution in [3.63, 3.8) is 0 Å². The van der Waals surface area contributed by atoms with Gasteiger partial charge in [-0.05, 0) is 23.2 Å². The summed E-state index contributed by atoms with van der Waals surface area (Å²) in [7, 11) is 0. The maximum Gasteiger partial charge on any atom is 0.246 e.